The Balaban J connectivity index is 1.47. The molecule has 0 aliphatic carbocycles. The van der Waals surface area contributed by atoms with E-state index in [9.17, 15) is 4.39 Å². The van der Waals surface area contributed by atoms with Gasteiger partial charge in [-0.1, -0.05) is 0 Å². The molecule has 112 valence electrons. The molecular weight excluding hydrogens is 287 g/mol. The molecule has 0 unspecified atom stereocenters. The summed E-state index contributed by atoms with van der Waals surface area (Å²) < 4.78 is 14.5. The van der Waals surface area contributed by atoms with Crippen molar-refractivity contribution in [2.75, 3.05) is 36.0 Å². The minimum atomic E-state index is -0.422. The van der Waals surface area contributed by atoms with Crippen LogP contribution in [0, 0.1) is 5.82 Å². The predicted octanol–water partition coefficient (Wildman–Crippen LogP) is 0.380. The van der Waals surface area contributed by atoms with Crippen LogP contribution in [0.3, 0.4) is 0 Å². The van der Waals surface area contributed by atoms with Crippen LogP contribution in [-0.4, -0.2) is 56.0 Å². The first-order valence-corrected chi connectivity index (χ1v) is 6.94. The Bertz CT molecular complexity index is 778. The van der Waals surface area contributed by atoms with Gasteiger partial charge >= 0.3 is 0 Å². The number of nitrogens with zero attached hydrogens (tertiary/aromatic N) is 8. The summed E-state index contributed by atoms with van der Waals surface area (Å²) in [6, 6.07) is 3.83. The molecule has 3 aromatic heterocycles. The maximum absolute atomic E-state index is 12.9. The van der Waals surface area contributed by atoms with Gasteiger partial charge in [0.1, 0.15) is 12.1 Å². The van der Waals surface area contributed by atoms with Crippen LogP contribution in [0.5, 0.6) is 0 Å². The molecular formula is C13H13FN8. The molecule has 0 saturated carbocycles. The van der Waals surface area contributed by atoms with E-state index in [1.165, 1.54) is 12.4 Å². The first-order chi connectivity index (χ1) is 10.8. The Labute approximate surface area is 125 Å². The third kappa shape index (κ3) is 2.30. The maximum Gasteiger partial charge on any atom is 0.225 e. The summed E-state index contributed by atoms with van der Waals surface area (Å²) >= 11 is 0. The topological polar surface area (TPSA) is 75.3 Å². The molecule has 9 heteroatoms. The van der Waals surface area contributed by atoms with Crippen molar-refractivity contribution in [3.05, 3.63) is 36.7 Å². The van der Waals surface area contributed by atoms with Crippen LogP contribution in [-0.2, 0) is 0 Å². The second-order valence-corrected chi connectivity index (χ2v) is 5.00. The molecule has 0 bridgehead atoms. The van der Waals surface area contributed by atoms with Gasteiger partial charge in [-0.2, -0.15) is 4.52 Å². The molecule has 0 atom stereocenters. The molecule has 4 rings (SSSR count). The van der Waals surface area contributed by atoms with Gasteiger partial charge in [0, 0.05) is 26.2 Å². The Morgan fingerprint density at radius 2 is 1.68 bits per heavy atom. The van der Waals surface area contributed by atoms with E-state index in [1.807, 2.05) is 17.0 Å². The van der Waals surface area contributed by atoms with Crippen molar-refractivity contribution in [3.63, 3.8) is 0 Å². The Kier molecular flexibility index (Phi) is 3.02. The lowest BCUT2D eigenvalue weighted by molar-refractivity contribution is 0.600. The van der Waals surface area contributed by atoms with E-state index < -0.39 is 5.82 Å². The number of rotatable bonds is 2. The molecule has 1 fully saturated rings. The van der Waals surface area contributed by atoms with Gasteiger partial charge in [0.15, 0.2) is 11.5 Å². The minimum absolute atomic E-state index is 0.422. The zero-order chi connectivity index (χ0) is 14.9. The standard InChI is InChI=1S/C13H13FN8/c14-10-7-15-13(16-8-10)21-5-3-20(4-6-21)12-2-1-11-18-17-9-22(11)19-12/h1-2,7-9H,3-6H2. The maximum atomic E-state index is 12.9. The van der Waals surface area contributed by atoms with Crippen molar-refractivity contribution < 1.29 is 4.39 Å². The summed E-state index contributed by atoms with van der Waals surface area (Å²) in [7, 11) is 0. The lowest BCUT2D eigenvalue weighted by atomic mass is 10.3. The quantitative estimate of drug-likeness (QED) is 0.677. The molecule has 0 aromatic carbocycles. The summed E-state index contributed by atoms with van der Waals surface area (Å²) in [5.41, 5.74) is 0.724. The number of fused-ring (bicyclic) bond motifs is 1. The average molecular weight is 300 g/mol. The second kappa shape index (κ2) is 5.17. The predicted molar refractivity (Wildman–Crippen MR) is 77.2 cm³/mol. The average Bonchev–Trinajstić information content (AvgIpc) is 3.03. The van der Waals surface area contributed by atoms with Crippen LogP contribution in [0.2, 0.25) is 0 Å². The summed E-state index contributed by atoms with van der Waals surface area (Å²) in [6.45, 7) is 3.10. The fraction of sp³-hybridized carbons (Fsp3) is 0.308. The summed E-state index contributed by atoms with van der Waals surface area (Å²) in [5, 5.41) is 12.2. The SMILES string of the molecule is Fc1cnc(N2CCN(c3ccc4nncn4n3)CC2)nc1. The normalized spacial score (nSPS) is 15.5. The van der Waals surface area contributed by atoms with E-state index in [-0.39, 0.29) is 0 Å². The number of anilines is 2. The third-order valence-electron chi connectivity index (χ3n) is 3.64. The monoisotopic (exact) mass is 300 g/mol. The highest BCUT2D eigenvalue weighted by Gasteiger charge is 2.20. The van der Waals surface area contributed by atoms with Crippen LogP contribution in [0.15, 0.2) is 30.9 Å². The molecule has 4 heterocycles. The van der Waals surface area contributed by atoms with Gasteiger partial charge < -0.3 is 9.80 Å². The molecule has 22 heavy (non-hydrogen) atoms. The van der Waals surface area contributed by atoms with E-state index in [0.29, 0.717) is 5.95 Å². The molecule has 0 N–H and O–H groups in total. The lowest BCUT2D eigenvalue weighted by Crippen LogP contribution is -2.47. The summed E-state index contributed by atoms with van der Waals surface area (Å²) in [4.78, 5) is 12.3. The molecule has 1 aliphatic rings. The largest absolute Gasteiger partial charge is 0.352 e. The first-order valence-electron chi connectivity index (χ1n) is 6.94. The minimum Gasteiger partial charge on any atom is -0.352 e. The van der Waals surface area contributed by atoms with Crippen LogP contribution in [0.4, 0.5) is 16.2 Å². The molecule has 1 aliphatic heterocycles. The van der Waals surface area contributed by atoms with Crippen molar-refractivity contribution >= 4 is 17.4 Å². The smallest absolute Gasteiger partial charge is 0.225 e. The van der Waals surface area contributed by atoms with E-state index in [0.717, 1.165) is 37.6 Å². The Morgan fingerprint density at radius 3 is 2.45 bits per heavy atom. The Hall–Kier alpha value is -2.84. The van der Waals surface area contributed by atoms with Gasteiger partial charge in [-0.05, 0) is 12.1 Å². The van der Waals surface area contributed by atoms with Gasteiger partial charge in [-0.25, -0.2) is 14.4 Å². The van der Waals surface area contributed by atoms with Crippen LogP contribution in [0.1, 0.15) is 0 Å². The van der Waals surface area contributed by atoms with Crippen molar-refractivity contribution in [2.24, 2.45) is 0 Å². The van der Waals surface area contributed by atoms with Crippen molar-refractivity contribution in [1.82, 2.24) is 29.8 Å². The number of piperazine rings is 1. The second-order valence-electron chi connectivity index (χ2n) is 5.00. The summed E-state index contributed by atoms with van der Waals surface area (Å²) in [6.07, 6.45) is 3.97. The van der Waals surface area contributed by atoms with Crippen LogP contribution in [0.25, 0.3) is 5.65 Å². The number of hydrogen-bond acceptors (Lipinski definition) is 7. The molecule has 0 radical (unpaired) electrons. The fourth-order valence-electron chi connectivity index (χ4n) is 2.49. The molecule has 0 spiro atoms. The van der Waals surface area contributed by atoms with Crippen molar-refractivity contribution in [2.45, 2.75) is 0 Å². The lowest BCUT2D eigenvalue weighted by Gasteiger charge is -2.35. The fourth-order valence-corrected chi connectivity index (χ4v) is 2.49. The van der Waals surface area contributed by atoms with Crippen molar-refractivity contribution in [3.8, 4) is 0 Å². The zero-order valence-electron chi connectivity index (χ0n) is 11.7. The van der Waals surface area contributed by atoms with Gasteiger partial charge in [-0.15, -0.1) is 15.3 Å². The first kappa shape index (κ1) is 12.9. The van der Waals surface area contributed by atoms with Crippen molar-refractivity contribution in [1.29, 1.82) is 0 Å². The number of aromatic nitrogens is 6. The van der Waals surface area contributed by atoms with E-state index >= 15 is 0 Å². The van der Waals surface area contributed by atoms with Gasteiger partial charge in [0.2, 0.25) is 5.95 Å². The van der Waals surface area contributed by atoms with Gasteiger partial charge in [0.05, 0.1) is 12.4 Å². The Morgan fingerprint density at radius 1 is 0.955 bits per heavy atom. The highest BCUT2D eigenvalue weighted by Crippen LogP contribution is 2.16. The van der Waals surface area contributed by atoms with Crippen LogP contribution < -0.4 is 9.80 Å². The van der Waals surface area contributed by atoms with E-state index in [2.05, 4.69) is 30.2 Å². The third-order valence-corrected chi connectivity index (χ3v) is 3.64. The molecule has 0 amide bonds. The van der Waals surface area contributed by atoms with Crippen LogP contribution >= 0.6 is 0 Å². The highest BCUT2D eigenvalue weighted by atomic mass is 19.1. The van der Waals surface area contributed by atoms with Gasteiger partial charge in [-0.3, -0.25) is 0 Å². The molecule has 8 nitrogen and oxygen atoms in total. The number of halogens is 1. The highest BCUT2D eigenvalue weighted by molar-refractivity contribution is 5.46. The van der Waals surface area contributed by atoms with E-state index in [4.69, 9.17) is 0 Å². The zero-order valence-corrected chi connectivity index (χ0v) is 11.7. The number of hydrogen-bond donors (Lipinski definition) is 0. The van der Waals surface area contributed by atoms with Gasteiger partial charge in [0.25, 0.3) is 0 Å². The van der Waals surface area contributed by atoms with E-state index in [1.54, 1.807) is 10.8 Å². The molecule has 1 saturated heterocycles. The summed E-state index contributed by atoms with van der Waals surface area (Å²) in [5.74, 6) is 1.02. The molecule has 3 aromatic rings.